The van der Waals surface area contributed by atoms with Gasteiger partial charge >= 0.3 is 0 Å². The molecule has 1 aliphatic heterocycles. The standard InChI is InChI=1S/C42H24N2/c1-3-15-29-25(13-1)35-36(38-32-20-10-18-28-23-11-5-7-21-33(23)43(40(28)32)41(29)38)26-14-2-4-16-30(26)42-37(35)31-19-9-17-27-24-12-6-8-22-34(24)44(42)39(27)31/h1-22,37,42H. The van der Waals surface area contributed by atoms with Gasteiger partial charge < -0.3 is 8.97 Å². The Hall–Kier alpha value is -5.60. The van der Waals surface area contributed by atoms with Crippen LogP contribution in [0.1, 0.15) is 28.7 Å². The Morgan fingerprint density at radius 3 is 1.84 bits per heavy atom. The first-order valence-electron chi connectivity index (χ1n) is 15.6. The molecule has 2 nitrogen and oxygen atoms in total. The van der Waals surface area contributed by atoms with Gasteiger partial charge in [0.05, 0.1) is 28.1 Å². The number of hydrogen-bond donors (Lipinski definition) is 0. The first-order chi connectivity index (χ1) is 21.9. The maximum Gasteiger partial charge on any atom is 0.0708 e. The smallest absolute Gasteiger partial charge is 0.0708 e. The fraction of sp³-hybridized carbons (Fsp3) is 0.0476. The summed E-state index contributed by atoms with van der Waals surface area (Å²) in [5.74, 6) is 0.231. The monoisotopic (exact) mass is 556 g/mol. The molecule has 1 aliphatic carbocycles. The van der Waals surface area contributed by atoms with E-state index in [4.69, 9.17) is 0 Å². The van der Waals surface area contributed by atoms with E-state index in [1.807, 2.05) is 0 Å². The zero-order valence-corrected chi connectivity index (χ0v) is 23.8. The predicted octanol–water partition coefficient (Wildman–Crippen LogP) is 10.8. The maximum atomic E-state index is 2.67. The third kappa shape index (κ3) is 2.25. The van der Waals surface area contributed by atoms with Crippen LogP contribution in [0.2, 0.25) is 0 Å². The van der Waals surface area contributed by atoms with Crippen molar-refractivity contribution in [3.63, 3.8) is 0 Å². The van der Waals surface area contributed by atoms with Crippen molar-refractivity contribution in [3.8, 4) is 11.1 Å². The molecule has 202 valence electrons. The van der Waals surface area contributed by atoms with Gasteiger partial charge in [-0.25, -0.2) is 0 Å². The molecule has 3 aromatic heterocycles. The van der Waals surface area contributed by atoms with Gasteiger partial charge in [0.1, 0.15) is 0 Å². The van der Waals surface area contributed by atoms with E-state index in [0.717, 1.165) is 0 Å². The summed E-state index contributed by atoms with van der Waals surface area (Å²) < 4.78 is 5.24. The highest BCUT2D eigenvalue weighted by Gasteiger charge is 2.45. The van der Waals surface area contributed by atoms with Crippen molar-refractivity contribution in [2.24, 2.45) is 0 Å². The lowest BCUT2D eigenvalue weighted by atomic mass is 9.70. The highest BCUT2D eigenvalue weighted by Crippen LogP contribution is 2.61. The van der Waals surface area contributed by atoms with Crippen LogP contribution < -0.4 is 0 Å². The summed E-state index contributed by atoms with van der Waals surface area (Å²) in [4.78, 5) is 0. The van der Waals surface area contributed by atoms with Crippen molar-refractivity contribution >= 4 is 70.7 Å². The van der Waals surface area contributed by atoms with Gasteiger partial charge in [0.2, 0.25) is 0 Å². The van der Waals surface area contributed by atoms with E-state index in [1.165, 1.54) is 98.5 Å². The van der Waals surface area contributed by atoms with Crippen molar-refractivity contribution in [2.75, 3.05) is 0 Å². The normalized spacial score (nSPS) is 17.1. The highest BCUT2D eigenvalue weighted by molar-refractivity contribution is 6.31. The molecule has 4 heterocycles. The maximum absolute atomic E-state index is 2.67. The molecule has 44 heavy (non-hydrogen) atoms. The number of aromatic nitrogens is 2. The Labute approximate surface area is 252 Å². The van der Waals surface area contributed by atoms with E-state index in [2.05, 4.69) is 142 Å². The van der Waals surface area contributed by atoms with Crippen molar-refractivity contribution in [1.82, 2.24) is 8.97 Å². The van der Waals surface area contributed by atoms with E-state index >= 15 is 0 Å². The van der Waals surface area contributed by atoms with Crippen LogP contribution >= 0.6 is 0 Å². The van der Waals surface area contributed by atoms with Crippen molar-refractivity contribution < 1.29 is 0 Å². The van der Waals surface area contributed by atoms with Crippen LogP contribution in [-0.4, -0.2) is 8.97 Å². The van der Waals surface area contributed by atoms with E-state index in [-0.39, 0.29) is 12.0 Å². The molecule has 12 rings (SSSR count). The van der Waals surface area contributed by atoms with Crippen LogP contribution in [0.4, 0.5) is 0 Å². The molecule has 0 fully saturated rings. The summed E-state index contributed by atoms with van der Waals surface area (Å²) in [5.41, 5.74) is 13.8. The van der Waals surface area contributed by atoms with Crippen molar-refractivity contribution in [3.05, 3.63) is 150 Å². The largest absolute Gasteiger partial charge is 0.332 e. The van der Waals surface area contributed by atoms with Crippen molar-refractivity contribution in [1.29, 1.82) is 0 Å². The van der Waals surface area contributed by atoms with Gasteiger partial charge in [0, 0.05) is 49.1 Å². The third-order valence-corrected chi connectivity index (χ3v) is 11.0. The third-order valence-electron chi connectivity index (χ3n) is 11.0. The average Bonchev–Trinajstić information content (AvgIpc) is 3.82. The van der Waals surface area contributed by atoms with Gasteiger partial charge in [-0.15, -0.1) is 0 Å². The minimum absolute atomic E-state index is 0.205. The molecule has 0 spiro atoms. The fourth-order valence-corrected chi connectivity index (χ4v) is 9.55. The zero-order chi connectivity index (χ0) is 28.3. The second kappa shape index (κ2) is 7.30. The van der Waals surface area contributed by atoms with Crippen LogP contribution in [0.15, 0.2) is 133 Å². The fourth-order valence-electron chi connectivity index (χ4n) is 9.55. The predicted molar refractivity (Wildman–Crippen MR) is 183 cm³/mol. The van der Waals surface area contributed by atoms with E-state index in [9.17, 15) is 0 Å². The van der Waals surface area contributed by atoms with E-state index < -0.39 is 0 Å². The van der Waals surface area contributed by atoms with Gasteiger partial charge in [0.25, 0.3) is 0 Å². The molecule has 0 saturated carbocycles. The number of para-hydroxylation sites is 4. The Bertz CT molecular complexity index is 2900. The minimum atomic E-state index is 0.205. The summed E-state index contributed by atoms with van der Waals surface area (Å²) in [6.45, 7) is 0. The number of rotatable bonds is 0. The summed E-state index contributed by atoms with van der Waals surface area (Å²) in [6.07, 6.45) is 0. The molecule has 2 aliphatic rings. The summed E-state index contributed by atoms with van der Waals surface area (Å²) >= 11 is 0. The van der Waals surface area contributed by atoms with Crippen LogP contribution in [0.25, 0.3) is 81.8 Å². The average molecular weight is 557 g/mol. The van der Waals surface area contributed by atoms with E-state index in [0.29, 0.717) is 0 Å². The van der Waals surface area contributed by atoms with Crippen LogP contribution in [0, 0.1) is 0 Å². The Morgan fingerprint density at radius 1 is 0.409 bits per heavy atom. The SMILES string of the molecule is c1ccc2c(c1)-c1c(c3ccccc3c3c1c1cccc4c5ccccc5n3c41)C1c3cccc4c5ccccc5n(c34)C21. The molecule has 0 amide bonds. The molecule has 0 saturated heterocycles. The Kier molecular flexibility index (Phi) is 3.65. The minimum Gasteiger partial charge on any atom is -0.332 e. The molecule has 2 heteroatoms. The molecule has 10 aromatic rings. The Balaban J connectivity index is 1.37. The topological polar surface area (TPSA) is 9.34 Å². The molecule has 2 atom stereocenters. The lowest BCUT2D eigenvalue weighted by Gasteiger charge is -2.35. The van der Waals surface area contributed by atoms with Gasteiger partial charge in [-0.05, 0) is 45.3 Å². The second-order valence-electron chi connectivity index (χ2n) is 12.8. The second-order valence-corrected chi connectivity index (χ2v) is 12.8. The molecule has 0 bridgehead atoms. The quantitative estimate of drug-likeness (QED) is 0.176. The summed E-state index contributed by atoms with van der Waals surface area (Å²) in [6, 6.07) is 50.5. The Morgan fingerprint density at radius 2 is 0.977 bits per heavy atom. The molecule has 2 unspecified atom stereocenters. The van der Waals surface area contributed by atoms with Crippen LogP contribution in [0.3, 0.4) is 0 Å². The zero-order valence-electron chi connectivity index (χ0n) is 23.8. The van der Waals surface area contributed by atoms with E-state index in [1.54, 1.807) is 0 Å². The molecular weight excluding hydrogens is 532 g/mol. The molecular formula is C42H24N2. The molecule has 7 aromatic carbocycles. The lowest BCUT2D eigenvalue weighted by molar-refractivity contribution is 0.585. The highest BCUT2D eigenvalue weighted by atomic mass is 15.1. The van der Waals surface area contributed by atoms with Gasteiger partial charge in [-0.2, -0.15) is 0 Å². The first-order valence-corrected chi connectivity index (χ1v) is 15.6. The summed E-state index contributed by atoms with van der Waals surface area (Å²) in [7, 11) is 0. The van der Waals surface area contributed by atoms with Crippen LogP contribution in [0.5, 0.6) is 0 Å². The number of benzene rings is 7. The molecule has 0 radical (unpaired) electrons. The van der Waals surface area contributed by atoms with Gasteiger partial charge in [0.15, 0.2) is 0 Å². The number of fused-ring (bicyclic) bond motifs is 21. The van der Waals surface area contributed by atoms with Crippen molar-refractivity contribution in [2.45, 2.75) is 12.0 Å². The first kappa shape index (κ1) is 22.0. The number of nitrogens with zero attached hydrogens (tertiary/aromatic N) is 2. The summed E-state index contributed by atoms with van der Waals surface area (Å²) in [5, 5.41) is 10.8. The lowest BCUT2D eigenvalue weighted by Crippen LogP contribution is -2.20. The van der Waals surface area contributed by atoms with Crippen LogP contribution in [-0.2, 0) is 0 Å². The number of hydrogen-bond acceptors (Lipinski definition) is 0. The van der Waals surface area contributed by atoms with Gasteiger partial charge in [-0.3, -0.25) is 0 Å². The molecule has 0 N–H and O–H groups in total. The van der Waals surface area contributed by atoms with Gasteiger partial charge in [-0.1, -0.05) is 121 Å².